The molecule has 0 aliphatic rings. The minimum Gasteiger partial charge on any atom is -0.293 e. The predicted octanol–water partition coefficient (Wildman–Crippen LogP) is 1.18. The van der Waals surface area contributed by atoms with Crippen molar-refractivity contribution in [2.75, 3.05) is 0 Å². The van der Waals surface area contributed by atoms with Crippen LogP contribution in [0.4, 0.5) is 0 Å². The average Bonchev–Trinajstić information content (AvgIpc) is 2.79. The minimum atomic E-state index is -0.0610. The number of aromatic nitrogens is 5. The van der Waals surface area contributed by atoms with Gasteiger partial charge in [0, 0.05) is 16.8 Å². The first-order valence-electron chi connectivity index (χ1n) is 5.63. The molecule has 0 radical (unpaired) electrons. The van der Waals surface area contributed by atoms with Gasteiger partial charge in [0.05, 0.1) is 23.8 Å². The quantitative estimate of drug-likeness (QED) is 0.638. The summed E-state index contributed by atoms with van der Waals surface area (Å²) in [6.45, 7) is 0.376. The maximum Gasteiger partial charge on any atom is 0.261 e. The number of hydrogen-bond donors (Lipinski definition) is 0. The zero-order valence-corrected chi connectivity index (χ0v) is 12.3. The van der Waals surface area contributed by atoms with Crippen molar-refractivity contribution in [3.8, 4) is 0 Å². The van der Waals surface area contributed by atoms with Gasteiger partial charge in [-0.1, -0.05) is 5.21 Å². The van der Waals surface area contributed by atoms with Crippen LogP contribution in [-0.2, 0) is 13.6 Å². The summed E-state index contributed by atoms with van der Waals surface area (Å²) in [5.74, 6) is 0. The first-order valence-corrected chi connectivity index (χ1v) is 6.71. The van der Waals surface area contributed by atoms with Gasteiger partial charge >= 0.3 is 0 Å². The molecule has 7 heteroatoms. The van der Waals surface area contributed by atoms with Crippen molar-refractivity contribution in [1.29, 1.82) is 0 Å². The SMILES string of the molecule is Cn1cc(Cn2cnc3ccc(I)cc3c2=O)nn1. The summed E-state index contributed by atoms with van der Waals surface area (Å²) in [5, 5.41) is 8.45. The van der Waals surface area contributed by atoms with Gasteiger partial charge in [-0.15, -0.1) is 5.10 Å². The molecule has 0 amide bonds. The third-order valence-corrected chi connectivity index (χ3v) is 3.44. The standard InChI is InChI=1S/C12H10IN5O/c1-17-5-9(15-16-17)6-18-7-14-11-3-2-8(13)4-10(11)12(18)19/h2-5,7H,6H2,1H3. The van der Waals surface area contributed by atoms with E-state index in [1.54, 1.807) is 28.8 Å². The Hall–Kier alpha value is -1.77. The molecule has 3 aromatic rings. The van der Waals surface area contributed by atoms with Crippen molar-refractivity contribution < 1.29 is 0 Å². The molecule has 3 rings (SSSR count). The highest BCUT2D eigenvalue weighted by Gasteiger charge is 2.06. The van der Waals surface area contributed by atoms with E-state index in [0.29, 0.717) is 17.4 Å². The van der Waals surface area contributed by atoms with Crippen LogP contribution in [0.15, 0.2) is 35.5 Å². The largest absolute Gasteiger partial charge is 0.293 e. The molecule has 1 aromatic carbocycles. The number of hydrogen-bond acceptors (Lipinski definition) is 4. The molecule has 0 spiro atoms. The van der Waals surface area contributed by atoms with E-state index in [1.165, 1.54) is 0 Å². The number of rotatable bonds is 2. The van der Waals surface area contributed by atoms with E-state index in [2.05, 4.69) is 37.9 Å². The Morgan fingerprint density at radius 3 is 2.95 bits per heavy atom. The maximum absolute atomic E-state index is 12.4. The van der Waals surface area contributed by atoms with E-state index >= 15 is 0 Å². The normalized spacial score (nSPS) is 11.1. The minimum absolute atomic E-state index is 0.0610. The molecule has 0 saturated heterocycles. The van der Waals surface area contributed by atoms with Crippen molar-refractivity contribution in [2.45, 2.75) is 6.54 Å². The van der Waals surface area contributed by atoms with Crippen LogP contribution in [-0.4, -0.2) is 24.5 Å². The van der Waals surface area contributed by atoms with E-state index in [4.69, 9.17) is 0 Å². The molecule has 2 aromatic heterocycles. The molecule has 0 bridgehead atoms. The molecule has 0 fully saturated rings. The summed E-state index contributed by atoms with van der Waals surface area (Å²) >= 11 is 2.18. The van der Waals surface area contributed by atoms with Crippen LogP contribution in [0.3, 0.4) is 0 Å². The predicted molar refractivity (Wildman–Crippen MR) is 78.8 cm³/mol. The highest BCUT2D eigenvalue weighted by molar-refractivity contribution is 14.1. The molecule has 0 saturated carbocycles. The molecule has 0 aliphatic carbocycles. The Labute approximate surface area is 122 Å². The molecule has 96 valence electrons. The van der Waals surface area contributed by atoms with E-state index < -0.39 is 0 Å². The van der Waals surface area contributed by atoms with Gasteiger partial charge in [-0.05, 0) is 40.8 Å². The van der Waals surface area contributed by atoms with Crippen LogP contribution >= 0.6 is 22.6 Å². The lowest BCUT2D eigenvalue weighted by Crippen LogP contribution is -2.21. The Morgan fingerprint density at radius 1 is 1.37 bits per heavy atom. The molecule has 19 heavy (non-hydrogen) atoms. The lowest BCUT2D eigenvalue weighted by molar-refractivity contribution is 0.703. The summed E-state index contributed by atoms with van der Waals surface area (Å²) < 4.78 is 4.17. The summed E-state index contributed by atoms with van der Waals surface area (Å²) in [6.07, 6.45) is 3.33. The fraction of sp³-hybridized carbons (Fsp3) is 0.167. The smallest absolute Gasteiger partial charge is 0.261 e. The summed E-state index contributed by atoms with van der Waals surface area (Å²) in [7, 11) is 1.79. The summed E-state index contributed by atoms with van der Waals surface area (Å²) in [4.78, 5) is 16.6. The average molecular weight is 367 g/mol. The van der Waals surface area contributed by atoms with Crippen LogP contribution in [0.2, 0.25) is 0 Å². The van der Waals surface area contributed by atoms with Gasteiger partial charge in [-0.2, -0.15) is 0 Å². The maximum atomic E-state index is 12.4. The van der Waals surface area contributed by atoms with E-state index in [0.717, 1.165) is 9.26 Å². The molecule has 0 N–H and O–H groups in total. The van der Waals surface area contributed by atoms with Crippen molar-refractivity contribution in [1.82, 2.24) is 24.5 Å². The highest BCUT2D eigenvalue weighted by Crippen LogP contribution is 2.11. The topological polar surface area (TPSA) is 65.6 Å². The highest BCUT2D eigenvalue weighted by atomic mass is 127. The lowest BCUT2D eigenvalue weighted by atomic mass is 10.2. The van der Waals surface area contributed by atoms with Crippen LogP contribution in [0.1, 0.15) is 5.69 Å². The van der Waals surface area contributed by atoms with Gasteiger partial charge in [0.15, 0.2) is 0 Å². The Kier molecular flexibility index (Phi) is 3.05. The van der Waals surface area contributed by atoms with E-state index in [1.807, 2.05) is 18.2 Å². The zero-order chi connectivity index (χ0) is 13.4. The number of nitrogens with zero attached hydrogens (tertiary/aromatic N) is 5. The third-order valence-electron chi connectivity index (χ3n) is 2.77. The molecule has 2 heterocycles. The second-order valence-electron chi connectivity index (χ2n) is 4.22. The molecular formula is C12H10IN5O. The van der Waals surface area contributed by atoms with Crippen LogP contribution in [0.25, 0.3) is 10.9 Å². The van der Waals surface area contributed by atoms with E-state index in [9.17, 15) is 4.79 Å². The molecule has 6 nitrogen and oxygen atoms in total. The van der Waals surface area contributed by atoms with Crippen molar-refractivity contribution in [3.63, 3.8) is 0 Å². The fourth-order valence-corrected chi connectivity index (χ4v) is 2.38. The number of aryl methyl sites for hydroxylation is 1. The lowest BCUT2D eigenvalue weighted by Gasteiger charge is -2.04. The van der Waals surface area contributed by atoms with Crippen molar-refractivity contribution in [3.05, 3.63) is 50.3 Å². The first kappa shape index (κ1) is 12.3. The second kappa shape index (κ2) is 4.72. The van der Waals surface area contributed by atoms with E-state index in [-0.39, 0.29) is 5.56 Å². The third kappa shape index (κ3) is 2.37. The van der Waals surface area contributed by atoms with Gasteiger partial charge in [0.25, 0.3) is 5.56 Å². The fourth-order valence-electron chi connectivity index (χ4n) is 1.89. The molecule has 0 unspecified atom stereocenters. The van der Waals surface area contributed by atoms with Gasteiger partial charge in [-0.25, -0.2) is 4.98 Å². The second-order valence-corrected chi connectivity index (χ2v) is 5.47. The summed E-state index contributed by atoms with van der Waals surface area (Å²) in [6, 6.07) is 5.63. The molecular weight excluding hydrogens is 357 g/mol. The number of fused-ring (bicyclic) bond motifs is 1. The van der Waals surface area contributed by atoms with Gasteiger partial charge in [-0.3, -0.25) is 14.0 Å². The Bertz CT molecular complexity index is 807. The van der Waals surface area contributed by atoms with Gasteiger partial charge in [0.1, 0.15) is 5.69 Å². The number of halogens is 1. The van der Waals surface area contributed by atoms with Crippen LogP contribution in [0.5, 0.6) is 0 Å². The monoisotopic (exact) mass is 367 g/mol. The zero-order valence-electron chi connectivity index (χ0n) is 10.1. The Morgan fingerprint density at radius 2 is 2.21 bits per heavy atom. The molecule has 0 aliphatic heterocycles. The van der Waals surface area contributed by atoms with Gasteiger partial charge < -0.3 is 0 Å². The van der Waals surface area contributed by atoms with Crippen LogP contribution in [0, 0.1) is 3.57 Å². The van der Waals surface area contributed by atoms with Gasteiger partial charge in [0.2, 0.25) is 0 Å². The first-order chi connectivity index (χ1) is 9.13. The Balaban J connectivity index is 2.09. The molecule has 0 atom stereocenters. The number of benzene rings is 1. The summed E-state index contributed by atoms with van der Waals surface area (Å²) in [5.41, 5.74) is 1.38. The van der Waals surface area contributed by atoms with Crippen LogP contribution < -0.4 is 5.56 Å². The van der Waals surface area contributed by atoms with Crippen molar-refractivity contribution in [2.24, 2.45) is 7.05 Å². The van der Waals surface area contributed by atoms with Crippen molar-refractivity contribution >= 4 is 33.5 Å².